The van der Waals surface area contributed by atoms with Crippen LogP contribution in [0.25, 0.3) is 10.8 Å². The molecule has 0 unspecified atom stereocenters. The number of carbonyl (C=O) groups is 1. The van der Waals surface area contributed by atoms with Crippen molar-refractivity contribution >= 4 is 16.6 Å². The van der Waals surface area contributed by atoms with Crippen LogP contribution < -0.4 is 9.47 Å². The molecule has 2 rings (SSSR count). The van der Waals surface area contributed by atoms with Crippen LogP contribution in [0.2, 0.25) is 0 Å². The number of hydrogen-bond donors (Lipinski definition) is 0. The van der Waals surface area contributed by atoms with Crippen LogP contribution in [0.3, 0.4) is 0 Å². The highest BCUT2D eigenvalue weighted by Crippen LogP contribution is 2.25. The van der Waals surface area contributed by atoms with Crippen molar-refractivity contribution in [2.45, 2.75) is 71.6 Å². The lowest BCUT2D eigenvalue weighted by molar-refractivity contribution is -0.121. The summed E-state index contributed by atoms with van der Waals surface area (Å²) in [6.45, 7) is 6.19. The van der Waals surface area contributed by atoms with E-state index in [4.69, 9.17) is 14.2 Å². The van der Waals surface area contributed by atoms with Crippen LogP contribution in [-0.2, 0) is 9.53 Å². The Morgan fingerprint density at radius 3 is 1.70 bits per heavy atom. The molecule has 0 heterocycles. The van der Waals surface area contributed by atoms with Gasteiger partial charge < -0.3 is 14.2 Å². The number of benzene rings is 2. The molecule has 166 valence electrons. The monoisotopic (exact) mass is 414 g/mol. The van der Waals surface area contributed by atoms with E-state index < -0.39 is 0 Å². The molecule has 0 atom stereocenters. The molecule has 0 N–H and O–H groups in total. The number of ketones is 1. The quantitative estimate of drug-likeness (QED) is 0.269. The highest BCUT2D eigenvalue weighted by atomic mass is 16.5. The molecular formula is C26H38O4. The van der Waals surface area contributed by atoms with Crippen LogP contribution in [0.5, 0.6) is 11.5 Å². The van der Waals surface area contributed by atoms with E-state index >= 15 is 0 Å². The largest absolute Gasteiger partial charge is 0.494 e. The number of hydrogen-bond acceptors (Lipinski definition) is 4. The third-order valence-electron chi connectivity index (χ3n) is 5.06. The van der Waals surface area contributed by atoms with Crippen LogP contribution in [-0.4, -0.2) is 32.2 Å². The van der Waals surface area contributed by atoms with Crippen molar-refractivity contribution in [1.29, 1.82) is 0 Å². The second-order valence-corrected chi connectivity index (χ2v) is 7.95. The molecule has 0 radical (unpaired) electrons. The van der Waals surface area contributed by atoms with Gasteiger partial charge in [0.25, 0.3) is 0 Å². The summed E-state index contributed by atoms with van der Waals surface area (Å²) >= 11 is 0. The Bertz CT molecular complexity index is 741. The van der Waals surface area contributed by atoms with Gasteiger partial charge in [0.1, 0.15) is 18.1 Å². The third-order valence-corrected chi connectivity index (χ3v) is 5.06. The van der Waals surface area contributed by atoms with Crippen LogP contribution in [0.1, 0.15) is 71.6 Å². The molecule has 0 aliphatic heterocycles. The Hall–Kier alpha value is -2.07. The van der Waals surface area contributed by atoms with Crippen LogP contribution in [0, 0.1) is 0 Å². The van der Waals surface area contributed by atoms with Crippen LogP contribution in [0.15, 0.2) is 36.4 Å². The average Bonchev–Trinajstić information content (AvgIpc) is 2.74. The standard InChI is InChI=1S/C26H38O4/c1-3-4-5-6-10-17-29-25-14-12-24-20-26(15-13-23(24)19-25)30-18-11-8-7-9-16-28-21-22(2)27/h12-15,19-20H,3-11,16-18,21H2,1-2H3. The summed E-state index contributed by atoms with van der Waals surface area (Å²) in [7, 11) is 0. The Kier molecular flexibility index (Phi) is 12.0. The Balaban J connectivity index is 1.63. The summed E-state index contributed by atoms with van der Waals surface area (Å²) in [5.74, 6) is 1.94. The third kappa shape index (κ3) is 10.1. The first kappa shape index (κ1) is 24.2. The lowest BCUT2D eigenvalue weighted by atomic mass is 10.1. The minimum Gasteiger partial charge on any atom is -0.494 e. The molecule has 0 fully saturated rings. The summed E-state index contributed by atoms with van der Waals surface area (Å²) in [5.41, 5.74) is 0. The van der Waals surface area contributed by atoms with Crippen molar-refractivity contribution in [3.8, 4) is 11.5 Å². The zero-order chi connectivity index (χ0) is 21.4. The molecule has 0 amide bonds. The molecule has 30 heavy (non-hydrogen) atoms. The molecule has 2 aromatic rings. The van der Waals surface area contributed by atoms with Crippen molar-refractivity contribution in [2.75, 3.05) is 26.4 Å². The molecule has 0 aliphatic rings. The number of fused-ring (bicyclic) bond motifs is 1. The first-order chi connectivity index (χ1) is 14.7. The van der Waals surface area contributed by atoms with Gasteiger partial charge in [-0.1, -0.05) is 51.2 Å². The van der Waals surface area contributed by atoms with E-state index in [0.717, 1.165) is 56.8 Å². The van der Waals surface area contributed by atoms with Gasteiger partial charge in [-0.05, 0) is 67.6 Å². The van der Waals surface area contributed by atoms with Gasteiger partial charge in [-0.3, -0.25) is 4.79 Å². The number of rotatable bonds is 17. The SMILES string of the molecule is CCCCCCCOc1ccc2cc(OCCCCCCOCC(C)=O)ccc2c1. The Morgan fingerprint density at radius 1 is 0.700 bits per heavy atom. The van der Waals surface area contributed by atoms with Crippen LogP contribution in [0.4, 0.5) is 0 Å². The number of ether oxygens (including phenoxy) is 3. The van der Waals surface area contributed by atoms with Gasteiger partial charge in [0.05, 0.1) is 13.2 Å². The maximum absolute atomic E-state index is 10.8. The smallest absolute Gasteiger partial charge is 0.155 e. The highest BCUT2D eigenvalue weighted by Gasteiger charge is 2.01. The van der Waals surface area contributed by atoms with Gasteiger partial charge in [0.2, 0.25) is 0 Å². The van der Waals surface area contributed by atoms with E-state index in [1.54, 1.807) is 6.92 Å². The van der Waals surface area contributed by atoms with Crippen molar-refractivity contribution in [2.24, 2.45) is 0 Å². The minimum atomic E-state index is 0.0836. The molecular weight excluding hydrogens is 376 g/mol. The second kappa shape index (κ2) is 14.8. The average molecular weight is 415 g/mol. The summed E-state index contributed by atoms with van der Waals surface area (Å²) < 4.78 is 17.1. The van der Waals surface area contributed by atoms with Gasteiger partial charge in [-0.2, -0.15) is 0 Å². The minimum absolute atomic E-state index is 0.0836. The van der Waals surface area contributed by atoms with Gasteiger partial charge in [-0.25, -0.2) is 0 Å². The normalized spacial score (nSPS) is 11.0. The first-order valence-electron chi connectivity index (χ1n) is 11.6. The maximum atomic E-state index is 10.8. The zero-order valence-corrected chi connectivity index (χ0v) is 18.8. The molecule has 2 aromatic carbocycles. The number of unbranched alkanes of at least 4 members (excludes halogenated alkanes) is 7. The lowest BCUT2D eigenvalue weighted by Crippen LogP contribution is -2.05. The fraction of sp³-hybridized carbons (Fsp3) is 0.577. The lowest BCUT2D eigenvalue weighted by Gasteiger charge is -2.10. The maximum Gasteiger partial charge on any atom is 0.155 e. The predicted octanol–water partition coefficient (Wildman–Crippen LogP) is 6.73. The van der Waals surface area contributed by atoms with E-state index in [1.807, 2.05) is 12.1 Å². The number of Topliss-reactive ketones (excluding diaryl/α,β-unsaturated/α-hetero) is 1. The van der Waals surface area contributed by atoms with E-state index in [1.165, 1.54) is 36.5 Å². The molecule has 0 aromatic heterocycles. The molecule has 0 aliphatic carbocycles. The topological polar surface area (TPSA) is 44.8 Å². The van der Waals surface area contributed by atoms with E-state index in [0.29, 0.717) is 6.61 Å². The Morgan fingerprint density at radius 2 is 1.20 bits per heavy atom. The van der Waals surface area contributed by atoms with Gasteiger partial charge in [-0.15, -0.1) is 0 Å². The summed E-state index contributed by atoms with van der Waals surface area (Å²) in [5, 5.41) is 2.35. The summed E-state index contributed by atoms with van der Waals surface area (Å²) in [4.78, 5) is 10.8. The van der Waals surface area contributed by atoms with Gasteiger partial charge >= 0.3 is 0 Å². The summed E-state index contributed by atoms with van der Waals surface area (Å²) in [6, 6.07) is 12.5. The molecule has 0 spiro atoms. The van der Waals surface area contributed by atoms with Crippen molar-refractivity contribution in [3.63, 3.8) is 0 Å². The van der Waals surface area contributed by atoms with Crippen LogP contribution >= 0.6 is 0 Å². The van der Waals surface area contributed by atoms with E-state index in [9.17, 15) is 4.79 Å². The predicted molar refractivity (Wildman–Crippen MR) is 124 cm³/mol. The highest BCUT2D eigenvalue weighted by molar-refractivity contribution is 5.85. The molecule has 0 bridgehead atoms. The second-order valence-electron chi connectivity index (χ2n) is 7.95. The molecule has 0 saturated heterocycles. The fourth-order valence-corrected chi connectivity index (χ4v) is 3.34. The van der Waals surface area contributed by atoms with Gasteiger partial charge in [0.15, 0.2) is 5.78 Å². The van der Waals surface area contributed by atoms with Crippen molar-refractivity contribution in [1.82, 2.24) is 0 Å². The fourth-order valence-electron chi connectivity index (χ4n) is 3.34. The zero-order valence-electron chi connectivity index (χ0n) is 18.8. The summed E-state index contributed by atoms with van der Waals surface area (Å²) in [6.07, 6.45) is 10.5. The molecule has 0 saturated carbocycles. The first-order valence-corrected chi connectivity index (χ1v) is 11.6. The van der Waals surface area contributed by atoms with E-state index in [2.05, 4.69) is 31.2 Å². The van der Waals surface area contributed by atoms with E-state index in [-0.39, 0.29) is 12.4 Å². The Labute approximate surface area is 181 Å². The van der Waals surface area contributed by atoms with Gasteiger partial charge in [0, 0.05) is 6.61 Å². The van der Waals surface area contributed by atoms with Crippen molar-refractivity contribution in [3.05, 3.63) is 36.4 Å². The van der Waals surface area contributed by atoms with Crippen molar-refractivity contribution < 1.29 is 19.0 Å². The number of carbonyl (C=O) groups excluding carboxylic acids is 1. The molecule has 4 heteroatoms. The molecule has 4 nitrogen and oxygen atoms in total.